The molecule has 1 aromatic rings. The van der Waals surface area contributed by atoms with Crippen molar-refractivity contribution in [2.75, 3.05) is 19.7 Å². The summed E-state index contributed by atoms with van der Waals surface area (Å²) in [5, 5.41) is 0. The van der Waals surface area contributed by atoms with Gasteiger partial charge in [-0.1, -0.05) is 28.8 Å². The number of carbonyl (C=O) groups is 1. The Morgan fingerprint density at radius 3 is 2.62 bits per heavy atom. The Bertz CT molecular complexity index is 483. The Hall–Kier alpha value is -1.07. The first kappa shape index (κ1) is 16.3. The Morgan fingerprint density at radius 1 is 1.33 bits per heavy atom. The van der Waals surface area contributed by atoms with Crippen molar-refractivity contribution in [3.63, 3.8) is 0 Å². The van der Waals surface area contributed by atoms with Crippen LogP contribution in [0.4, 0.5) is 0 Å². The standard InChI is InChI=1S/C16H23BrN2O2/c1-12(18)14-10-13(17)6-7-15(14)21-11-16(20)19-8-4-2-3-5-9-19/h6-7,10,12H,2-5,8-9,11,18H2,1H3. The summed E-state index contributed by atoms with van der Waals surface area (Å²) < 4.78 is 6.68. The van der Waals surface area contributed by atoms with E-state index in [1.54, 1.807) is 0 Å². The zero-order chi connectivity index (χ0) is 15.2. The van der Waals surface area contributed by atoms with Gasteiger partial charge >= 0.3 is 0 Å². The molecular weight excluding hydrogens is 332 g/mol. The zero-order valence-electron chi connectivity index (χ0n) is 12.5. The molecule has 1 aromatic carbocycles. The normalized spacial score (nSPS) is 17.2. The van der Waals surface area contributed by atoms with Crippen molar-refractivity contribution in [1.29, 1.82) is 0 Å². The molecule has 0 aromatic heterocycles. The fourth-order valence-corrected chi connectivity index (χ4v) is 2.94. The Kier molecular flexibility index (Phi) is 6.06. The monoisotopic (exact) mass is 354 g/mol. The van der Waals surface area contributed by atoms with Gasteiger partial charge in [0.05, 0.1) is 0 Å². The van der Waals surface area contributed by atoms with E-state index in [1.807, 2.05) is 30.0 Å². The van der Waals surface area contributed by atoms with Crippen LogP contribution in [-0.2, 0) is 4.79 Å². The van der Waals surface area contributed by atoms with Crippen molar-refractivity contribution in [3.05, 3.63) is 28.2 Å². The van der Waals surface area contributed by atoms with Gasteiger partial charge in [-0.2, -0.15) is 0 Å². The van der Waals surface area contributed by atoms with Gasteiger partial charge in [0.25, 0.3) is 5.91 Å². The highest BCUT2D eigenvalue weighted by Crippen LogP contribution is 2.27. The van der Waals surface area contributed by atoms with Crippen LogP contribution < -0.4 is 10.5 Å². The van der Waals surface area contributed by atoms with Gasteiger partial charge in [-0.05, 0) is 38.0 Å². The molecule has 2 rings (SSSR count). The molecular formula is C16H23BrN2O2. The number of ether oxygens (including phenoxy) is 1. The Morgan fingerprint density at radius 2 is 2.00 bits per heavy atom. The summed E-state index contributed by atoms with van der Waals surface area (Å²) in [5.74, 6) is 0.756. The first-order valence-electron chi connectivity index (χ1n) is 7.53. The summed E-state index contributed by atoms with van der Waals surface area (Å²) in [5.41, 5.74) is 6.87. The molecule has 0 saturated carbocycles. The molecule has 1 aliphatic heterocycles. The number of halogens is 1. The lowest BCUT2D eigenvalue weighted by atomic mass is 10.1. The maximum Gasteiger partial charge on any atom is 0.260 e. The predicted molar refractivity (Wildman–Crippen MR) is 87.3 cm³/mol. The topological polar surface area (TPSA) is 55.6 Å². The van der Waals surface area contributed by atoms with E-state index in [4.69, 9.17) is 10.5 Å². The quantitative estimate of drug-likeness (QED) is 0.902. The largest absolute Gasteiger partial charge is 0.483 e. The van der Waals surface area contributed by atoms with Crippen LogP contribution in [0.25, 0.3) is 0 Å². The number of hydrogen-bond acceptors (Lipinski definition) is 3. The summed E-state index contributed by atoms with van der Waals surface area (Å²) in [6.45, 7) is 3.69. The van der Waals surface area contributed by atoms with E-state index in [0.29, 0.717) is 5.75 Å². The Labute approximate surface area is 134 Å². The number of rotatable bonds is 4. The molecule has 1 unspecified atom stereocenters. The molecule has 0 bridgehead atoms. The number of nitrogens with zero attached hydrogens (tertiary/aromatic N) is 1. The lowest BCUT2D eigenvalue weighted by Gasteiger charge is -2.21. The SMILES string of the molecule is CC(N)c1cc(Br)ccc1OCC(=O)N1CCCCCC1. The molecule has 2 N–H and O–H groups in total. The van der Waals surface area contributed by atoms with Gasteiger partial charge in [-0.25, -0.2) is 0 Å². The summed E-state index contributed by atoms with van der Waals surface area (Å²) in [6, 6.07) is 5.57. The molecule has 1 atom stereocenters. The molecule has 1 aliphatic rings. The van der Waals surface area contributed by atoms with Gasteiger partial charge in [0.15, 0.2) is 6.61 Å². The highest BCUT2D eigenvalue weighted by Gasteiger charge is 2.17. The molecule has 1 heterocycles. The first-order valence-corrected chi connectivity index (χ1v) is 8.33. The van der Waals surface area contributed by atoms with Crippen LogP contribution in [0.3, 0.4) is 0 Å². The van der Waals surface area contributed by atoms with Crippen LogP contribution in [0, 0.1) is 0 Å². The number of hydrogen-bond donors (Lipinski definition) is 1. The summed E-state index contributed by atoms with van der Waals surface area (Å²) in [7, 11) is 0. The number of carbonyl (C=O) groups excluding carboxylic acids is 1. The molecule has 5 heteroatoms. The molecule has 21 heavy (non-hydrogen) atoms. The average Bonchev–Trinajstić information content (AvgIpc) is 2.74. The summed E-state index contributed by atoms with van der Waals surface area (Å²) in [4.78, 5) is 14.1. The first-order chi connectivity index (χ1) is 10.1. The number of amides is 1. The third-order valence-corrected chi connectivity index (χ3v) is 4.27. The molecule has 4 nitrogen and oxygen atoms in total. The molecule has 1 saturated heterocycles. The van der Waals surface area contributed by atoms with Gasteiger partial charge in [0, 0.05) is 29.2 Å². The van der Waals surface area contributed by atoms with Crippen molar-refractivity contribution < 1.29 is 9.53 Å². The lowest BCUT2D eigenvalue weighted by Crippen LogP contribution is -2.35. The van der Waals surface area contributed by atoms with Crippen LogP contribution in [-0.4, -0.2) is 30.5 Å². The number of likely N-dealkylation sites (tertiary alicyclic amines) is 1. The van der Waals surface area contributed by atoms with Crippen molar-refractivity contribution in [2.24, 2.45) is 5.73 Å². The van der Waals surface area contributed by atoms with Crippen molar-refractivity contribution in [3.8, 4) is 5.75 Å². The fourth-order valence-electron chi connectivity index (χ4n) is 2.56. The van der Waals surface area contributed by atoms with E-state index in [9.17, 15) is 4.79 Å². The molecule has 1 amide bonds. The van der Waals surface area contributed by atoms with Gasteiger partial charge in [-0.3, -0.25) is 4.79 Å². The predicted octanol–water partition coefficient (Wildman–Crippen LogP) is 3.25. The second kappa shape index (κ2) is 7.80. The minimum Gasteiger partial charge on any atom is -0.483 e. The molecule has 116 valence electrons. The third kappa shape index (κ3) is 4.71. The van der Waals surface area contributed by atoms with Gasteiger partial charge in [0.1, 0.15) is 5.75 Å². The van der Waals surface area contributed by atoms with Crippen molar-refractivity contribution in [2.45, 2.75) is 38.6 Å². The van der Waals surface area contributed by atoms with Crippen LogP contribution in [0.1, 0.15) is 44.2 Å². The maximum absolute atomic E-state index is 12.2. The lowest BCUT2D eigenvalue weighted by molar-refractivity contribution is -0.133. The average molecular weight is 355 g/mol. The maximum atomic E-state index is 12.2. The molecule has 1 fully saturated rings. The zero-order valence-corrected chi connectivity index (χ0v) is 14.1. The molecule has 0 aliphatic carbocycles. The van der Waals surface area contributed by atoms with E-state index in [0.717, 1.165) is 36.0 Å². The number of benzene rings is 1. The summed E-state index contributed by atoms with van der Waals surface area (Å²) in [6.07, 6.45) is 4.61. The minimum absolute atomic E-state index is 0.0652. The van der Waals surface area contributed by atoms with E-state index in [2.05, 4.69) is 15.9 Å². The highest BCUT2D eigenvalue weighted by atomic mass is 79.9. The smallest absolute Gasteiger partial charge is 0.260 e. The van der Waals surface area contributed by atoms with Crippen LogP contribution >= 0.6 is 15.9 Å². The van der Waals surface area contributed by atoms with E-state index < -0.39 is 0 Å². The fraction of sp³-hybridized carbons (Fsp3) is 0.562. The number of nitrogens with two attached hydrogens (primary N) is 1. The second-order valence-corrected chi connectivity index (χ2v) is 6.47. The second-order valence-electron chi connectivity index (χ2n) is 5.55. The van der Waals surface area contributed by atoms with Crippen molar-refractivity contribution >= 4 is 21.8 Å². The van der Waals surface area contributed by atoms with Crippen LogP contribution in [0.15, 0.2) is 22.7 Å². The van der Waals surface area contributed by atoms with Gasteiger partial charge in [0.2, 0.25) is 0 Å². The van der Waals surface area contributed by atoms with Gasteiger partial charge in [-0.15, -0.1) is 0 Å². The Balaban J connectivity index is 1.97. The van der Waals surface area contributed by atoms with Crippen molar-refractivity contribution in [1.82, 2.24) is 4.90 Å². The van der Waals surface area contributed by atoms with E-state index >= 15 is 0 Å². The van der Waals surface area contributed by atoms with Crippen LogP contribution in [0.5, 0.6) is 5.75 Å². The van der Waals surface area contributed by atoms with E-state index in [-0.39, 0.29) is 18.6 Å². The molecule has 0 radical (unpaired) electrons. The highest BCUT2D eigenvalue weighted by molar-refractivity contribution is 9.10. The van der Waals surface area contributed by atoms with Crippen LogP contribution in [0.2, 0.25) is 0 Å². The minimum atomic E-state index is -0.134. The molecule has 0 spiro atoms. The third-order valence-electron chi connectivity index (χ3n) is 3.77. The summed E-state index contributed by atoms with van der Waals surface area (Å²) >= 11 is 3.43. The van der Waals surface area contributed by atoms with E-state index in [1.165, 1.54) is 12.8 Å². The van der Waals surface area contributed by atoms with Gasteiger partial charge < -0.3 is 15.4 Å².